The van der Waals surface area contributed by atoms with Gasteiger partial charge in [0.1, 0.15) is 0 Å². The van der Waals surface area contributed by atoms with Crippen molar-refractivity contribution in [3.63, 3.8) is 0 Å². The van der Waals surface area contributed by atoms with Gasteiger partial charge in [0, 0.05) is 6.20 Å². The summed E-state index contributed by atoms with van der Waals surface area (Å²) in [5.41, 5.74) is 9.47. The molecule has 2 heterocycles. The van der Waals surface area contributed by atoms with Crippen LogP contribution >= 0.6 is 23.2 Å². The van der Waals surface area contributed by atoms with E-state index < -0.39 is 0 Å². The molecule has 2 aromatic rings. The third-order valence-corrected chi connectivity index (χ3v) is 4.26. The number of rotatable bonds is 3. The molecule has 110 valence electrons. The largest absolute Gasteiger partial charge is 0.373 e. The molecule has 0 saturated carbocycles. The van der Waals surface area contributed by atoms with Crippen LogP contribution in [0.15, 0.2) is 36.5 Å². The molecule has 21 heavy (non-hydrogen) atoms. The fraction of sp³-hybridized carbons (Fsp3) is 0.312. The predicted octanol–water partition coefficient (Wildman–Crippen LogP) is 4.09. The maximum Gasteiger partial charge on any atom is 0.0846 e. The lowest BCUT2D eigenvalue weighted by Crippen LogP contribution is -2.22. The van der Waals surface area contributed by atoms with Crippen LogP contribution in [-0.4, -0.2) is 11.6 Å². The number of ether oxygens (including phenoxy) is 1. The van der Waals surface area contributed by atoms with Gasteiger partial charge in [-0.3, -0.25) is 4.98 Å². The zero-order valence-corrected chi connectivity index (χ0v) is 12.9. The van der Waals surface area contributed by atoms with E-state index in [0.717, 1.165) is 13.0 Å². The Morgan fingerprint density at radius 3 is 2.95 bits per heavy atom. The molecule has 0 spiro atoms. The number of pyridine rings is 1. The van der Waals surface area contributed by atoms with Crippen LogP contribution in [0, 0.1) is 0 Å². The molecule has 1 aromatic heterocycles. The lowest BCUT2D eigenvalue weighted by molar-refractivity contribution is 0.0317. The average Bonchev–Trinajstić information content (AvgIpc) is 2.47. The number of nitrogens with two attached hydrogens (primary N) is 1. The van der Waals surface area contributed by atoms with Crippen molar-refractivity contribution in [2.75, 3.05) is 6.61 Å². The summed E-state index contributed by atoms with van der Waals surface area (Å²) in [6.07, 6.45) is 3.14. The molecule has 0 radical (unpaired) electrons. The number of fused-ring (bicyclic) bond motifs is 1. The van der Waals surface area contributed by atoms with E-state index >= 15 is 0 Å². The third kappa shape index (κ3) is 3.22. The zero-order chi connectivity index (χ0) is 14.8. The lowest BCUT2D eigenvalue weighted by Gasteiger charge is -2.28. The van der Waals surface area contributed by atoms with Crippen molar-refractivity contribution in [2.45, 2.75) is 25.0 Å². The van der Waals surface area contributed by atoms with Crippen LogP contribution in [0.25, 0.3) is 0 Å². The van der Waals surface area contributed by atoms with E-state index in [1.54, 1.807) is 12.3 Å². The maximum atomic E-state index is 6.26. The Morgan fingerprint density at radius 2 is 2.14 bits per heavy atom. The number of halogens is 2. The molecular weight excluding hydrogens is 307 g/mol. The van der Waals surface area contributed by atoms with Gasteiger partial charge in [-0.1, -0.05) is 47.5 Å². The predicted molar refractivity (Wildman–Crippen MR) is 84.6 cm³/mol. The molecule has 2 N–H and O–H groups in total. The van der Waals surface area contributed by atoms with E-state index in [4.69, 9.17) is 33.7 Å². The lowest BCUT2D eigenvalue weighted by atomic mass is 9.93. The summed E-state index contributed by atoms with van der Waals surface area (Å²) in [6, 6.07) is 9.71. The Balaban J connectivity index is 1.81. The molecule has 1 aromatic carbocycles. The summed E-state index contributed by atoms with van der Waals surface area (Å²) in [7, 11) is 0. The van der Waals surface area contributed by atoms with Crippen LogP contribution in [0.4, 0.5) is 0 Å². The van der Waals surface area contributed by atoms with Gasteiger partial charge in [0.25, 0.3) is 0 Å². The zero-order valence-electron chi connectivity index (χ0n) is 11.4. The minimum Gasteiger partial charge on any atom is -0.373 e. The number of aromatic nitrogens is 1. The van der Waals surface area contributed by atoms with E-state index in [-0.39, 0.29) is 12.1 Å². The van der Waals surface area contributed by atoms with Gasteiger partial charge in [0.05, 0.1) is 34.5 Å². The molecule has 1 aliphatic heterocycles. The molecule has 0 aliphatic carbocycles. The fourth-order valence-electron chi connectivity index (χ4n) is 2.71. The summed E-state index contributed by atoms with van der Waals surface area (Å²) in [4.78, 5) is 4.25. The third-order valence-electron chi connectivity index (χ3n) is 3.75. The Bertz CT molecular complexity index is 648. The summed E-state index contributed by atoms with van der Waals surface area (Å²) in [6.45, 7) is 0.718. The van der Waals surface area contributed by atoms with Crippen LogP contribution < -0.4 is 5.73 Å². The van der Waals surface area contributed by atoms with Gasteiger partial charge in [-0.25, -0.2) is 0 Å². The van der Waals surface area contributed by atoms with Gasteiger partial charge < -0.3 is 10.5 Å². The van der Waals surface area contributed by atoms with Crippen molar-refractivity contribution in [2.24, 2.45) is 5.73 Å². The minimum absolute atomic E-state index is 0.0153. The molecule has 5 heteroatoms. The quantitative estimate of drug-likeness (QED) is 0.925. The Labute approximate surface area is 134 Å². The summed E-state index contributed by atoms with van der Waals surface area (Å²) in [5.74, 6) is 0. The number of hydrogen-bond acceptors (Lipinski definition) is 3. The first kappa shape index (κ1) is 14.8. The van der Waals surface area contributed by atoms with Gasteiger partial charge in [-0.05, 0) is 30.0 Å². The summed E-state index contributed by atoms with van der Waals surface area (Å²) >= 11 is 12.0. The van der Waals surface area contributed by atoms with Crippen molar-refractivity contribution in [3.05, 3.63) is 63.4 Å². The van der Waals surface area contributed by atoms with Crippen molar-refractivity contribution in [1.29, 1.82) is 0 Å². The maximum absolute atomic E-state index is 6.26. The molecule has 0 bridgehead atoms. The highest BCUT2D eigenvalue weighted by atomic mass is 35.5. The topological polar surface area (TPSA) is 48.1 Å². The van der Waals surface area contributed by atoms with Crippen LogP contribution in [0.1, 0.15) is 35.4 Å². The summed E-state index contributed by atoms with van der Waals surface area (Å²) < 4.78 is 5.88. The van der Waals surface area contributed by atoms with Crippen LogP contribution in [-0.2, 0) is 11.2 Å². The van der Waals surface area contributed by atoms with Gasteiger partial charge in [0.2, 0.25) is 0 Å². The Morgan fingerprint density at radius 1 is 1.33 bits per heavy atom. The van der Waals surface area contributed by atoms with Crippen LogP contribution in [0.5, 0.6) is 0 Å². The van der Waals surface area contributed by atoms with Crippen molar-refractivity contribution in [1.82, 2.24) is 4.98 Å². The second-order valence-corrected chi connectivity index (χ2v) is 6.01. The normalized spacial score (nSPS) is 19.1. The molecule has 0 saturated heterocycles. The monoisotopic (exact) mass is 322 g/mol. The van der Waals surface area contributed by atoms with E-state index in [9.17, 15) is 0 Å². The minimum atomic E-state index is -0.286. The highest BCUT2D eigenvalue weighted by Gasteiger charge is 2.24. The summed E-state index contributed by atoms with van der Waals surface area (Å²) in [5, 5.41) is 1.01. The number of nitrogens with zero attached hydrogens (tertiary/aromatic N) is 1. The first-order valence-corrected chi connectivity index (χ1v) is 7.66. The molecule has 2 unspecified atom stereocenters. The van der Waals surface area contributed by atoms with Crippen molar-refractivity contribution >= 4 is 23.2 Å². The van der Waals surface area contributed by atoms with Gasteiger partial charge in [-0.2, -0.15) is 0 Å². The molecule has 3 rings (SSSR count). The molecule has 3 nitrogen and oxygen atoms in total. The second-order valence-electron chi connectivity index (χ2n) is 5.17. The highest BCUT2D eigenvalue weighted by Crippen LogP contribution is 2.34. The molecule has 1 aliphatic rings. The average molecular weight is 323 g/mol. The smallest absolute Gasteiger partial charge is 0.0846 e. The van der Waals surface area contributed by atoms with Gasteiger partial charge >= 0.3 is 0 Å². The fourth-order valence-corrected chi connectivity index (χ4v) is 3.23. The van der Waals surface area contributed by atoms with E-state index in [2.05, 4.69) is 23.2 Å². The SMILES string of the molecule is NC(CC1OCCc2ccccc21)c1ncc(Cl)cc1Cl. The van der Waals surface area contributed by atoms with Crippen LogP contribution in [0.3, 0.4) is 0 Å². The molecule has 2 atom stereocenters. The molecular formula is C16H16Cl2N2O. The number of benzene rings is 1. The van der Waals surface area contributed by atoms with E-state index in [0.29, 0.717) is 22.2 Å². The number of hydrogen-bond donors (Lipinski definition) is 1. The Hall–Kier alpha value is -1.13. The van der Waals surface area contributed by atoms with E-state index in [1.807, 2.05) is 6.07 Å². The first-order valence-electron chi connectivity index (χ1n) is 6.91. The molecule has 0 fully saturated rings. The second kappa shape index (κ2) is 6.32. The standard InChI is InChI=1S/C16H16Cl2N2O/c17-11-7-13(18)16(20-9-11)14(19)8-15-12-4-2-1-3-10(12)5-6-21-15/h1-4,7,9,14-15H,5-6,8,19H2. The first-order chi connectivity index (χ1) is 10.1. The van der Waals surface area contributed by atoms with Crippen molar-refractivity contribution in [3.8, 4) is 0 Å². The van der Waals surface area contributed by atoms with Crippen LogP contribution in [0.2, 0.25) is 10.0 Å². The highest BCUT2D eigenvalue weighted by molar-refractivity contribution is 6.34. The van der Waals surface area contributed by atoms with Gasteiger partial charge in [-0.15, -0.1) is 0 Å². The van der Waals surface area contributed by atoms with Gasteiger partial charge in [0.15, 0.2) is 0 Å². The van der Waals surface area contributed by atoms with Crippen molar-refractivity contribution < 1.29 is 4.74 Å². The molecule has 0 amide bonds. The Kier molecular flexibility index (Phi) is 4.45. The van der Waals surface area contributed by atoms with E-state index in [1.165, 1.54) is 11.1 Å².